The maximum atomic E-state index is 12.1. The van der Waals surface area contributed by atoms with Gasteiger partial charge in [0.25, 0.3) is 10.0 Å². The number of hydrogen-bond acceptors (Lipinski definition) is 4. The maximum Gasteiger partial charge on any atom is 0.251 e. The van der Waals surface area contributed by atoms with Gasteiger partial charge in [-0.15, -0.1) is 11.3 Å². The van der Waals surface area contributed by atoms with Crippen molar-refractivity contribution in [3.05, 3.63) is 46.0 Å². The molecule has 1 atom stereocenters. The minimum absolute atomic E-state index is 0.283. The standard InChI is InChI=1S/C11H11BrN2O2S2/c1-8(10-4-2-3-6-13-10)14-18(15,16)11-9(12)5-7-17-11/h2-8,14H,1H3. The molecule has 2 aromatic heterocycles. The van der Waals surface area contributed by atoms with Crippen LogP contribution in [-0.2, 0) is 10.0 Å². The molecule has 0 bridgehead atoms. The Morgan fingerprint density at radius 1 is 1.39 bits per heavy atom. The van der Waals surface area contributed by atoms with Gasteiger partial charge in [0.05, 0.1) is 11.7 Å². The highest BCUT2D eigenvalue weighted by Crippen LogP contribution is 2.28. The fourth-order valence-corrected chi connectivity index (χ4v) is 5.02. The van der Waals surface area contributed by atoms with E-state index < -0.39 is 10.0 Å². The number of aromatic nitrogens is 1. The Morgan fingerprint density at radius 3 is 2.72 bits per heavy atom. The van der Waals surface area contributed by atoms with Crippen LogP contribution in [0.1, 0.15) is 18.7 Å². The molecule has 18 heavy (non-hydrogen) atoms. The number of hydrogen-bond donors (Lipinski definition) is 1. The summed E-state index contributed by atoms with van der Waals surface area (Å²) < 4.78 is 27.7. The number of pyridine rings is 1. The van der Waals surface area contributed by atoms with Crippen LogP contribution in [-0.4, -0.2) is 13.4 Å². The van der Waals surface area contributed by atoms with Crippen molar-refractivity contribution in [1.82, 2.24) is 9.71 Å². The monoisotopic (exact) mass is 346 g/mol. The van der Waals surface area contributed by atoms with Gasteiger partial charge in [0.15, 0.2) is 0 Å². The van der Waals surface area contributed by atoms with Crippen molar-refractivity contribution in [2.75, 3.05) is 0 Å². The van der Waals surface area contributed by atoms with E-state index in [4.69, 9.17) is 0 Å². The lowest BCUT2D eigenvalue weighted by molar-refractivity contribution is 0.565. The van der Waals surface area contributed by atoms with E-state index in [2.05, 4.69) is 25.6 Å². The molecule has 0 aliphatic heterocycles. The molecule has 4 nitrogen and oxygen atoms in total. The minimum Gasteiger partial charge on any atom is -0.260 e. The van der Waals surface area contributed by atoms with Crippen molar-refractivity contribution < 1.29 is 8.42 Å². The highest BCUT2D eigenvalue weighted by atomic mass is 79.9. The first kappa shape index (κ1) is 13.7. The van der Waals surface area contributed by atoms with Gasteiger partial charge in [-0.25, -0.2) is 13.1 Å². The van der Waals surface area contributed by atoms with Gasteiger partial charge >= 0.3 is 0 Å². The van der Waals surface area contributed by atoms with Crippen LogP contribution < -0.4 is 4.72 Å². The number of nitrogens with zero attached hydrogens (tertiary/aromatic N) is 1. The van der Waals surface area contributed by atoms with E-state index in [-0.39, 0.29) is 10.3 Å². The van der Waals surface area contributed by atoms with E-state index in [0.29, 0.717) is 10.2 Å². The van der Waals surface area contributed by atoms with Crippen molar-refractivity contribution in [2.45, 2.75) is 17.2 Å². The van der Waals surface area contributed by atoms with Gasteiger partial charge in [-0.2, -0.15) is 0 Å². The maximum absolute atomic E-state index is 12.1. The molecule has 0 aromatic carbocycles. The second-order valence-electron chi connectivity index (χ2n) is 3.65. The molecule has 0 saturated carbocycles. The number of nitrogens with one attached hydrogen (secondary N) is 1. The number of thiophene rings is 1. The number of halogens is 1. The quantitative estimate of drug-likeness (QED) is 0.925. The molecule has 0 amide bonds. The summed E-state index contributed by atoms with van der Waals surface area (Å²) in [7, 11) is -3.51. The van der Waals surface area contributed by atoms with Crippen molar-refractivity contribution in [2.24, 2.45) is 0 Å². The lowest BCUT2D eigenvalue weighted by atomic mass is 10.2. The van der Waals surface area contributed by atoms with Crippen molar-refractivity contribution in [1.29, 1.82) is 0 Å². The van der Waals surface area contributed by atoms with Crippen molar-refractivity contribution >= 4 is 37.3 Å². The van der Waals surface area contributed by atoms with E-state index in [1.807, 2.05) is 6.07 Å². The average Bonchev–Trinajstić information content (AvgIpc) is 2.77. The van der Waals surface area contributed by atoms with Crippen LogP contribution in [0.25, 0.3) is 0 Å². The summed E-state index contributed by atoms with van der Waals surface area (Å²) in [5, 5.41) is 1.73. The van der Waals surface area contributed by atoms with Crippen LogP contribution >= 0.6 is 27.3 Å². The Hall–Kier alpha value is -0.760. The summed E-state index contributed by atoms with van der Waals surface area (Å²) in [6.45, 7) is 1.77. The largest absolute Gasteiger partial charge is 0.260 e. The zero-order valence-corrected chi connectivity index (χ0v) is 12.7. The fraction of sp³-hybridized carbons (Fsp3) is 0.182. The Morgan fingerprint density at radius 2 is 2.17 bits per heavy atom. The van der Waals surface area contributed by atoms with E-state index in [9.17, 15) is 8.42 Å². The molecule has 0 saturated heterocycles. The lowest BCUT2D eigenvalue weighted by Gasteiger charge is -2.12. The van der Waals surface area contributed by atoms with Crippen LogP contribution in [0.5, 0.6) is 0 Å². The molecule has 0 fully saturated rings. The second kappa shape index (κ2) is 5.48. The molecule has 7 heteroatoms. The third-order valence-corrected chi connectivity index (χ3v) is 6.50. The van der Waals surface area contributed by atoms with Gasteiger partial charge in [-0.1, -0.05) is 6.07 Å². The van der Waals surface area contributed by atoms with Gasteiger partial charge in [-0.05, 0) is 46.4 Å². The summed E-state index contributed by atoms with van der Waals surface area (Å²) >= 11 is 4.40. The van der Waals surface area contributed by atoms with E-state index in [1.54, 1.807) is 36.7 Å². The smallest absolute Gasteiger partial charge is 0.251 e. The van der Waals surface area contributed by atoms with E-state index in [1.165, 1.54) is 11.3 Å². The predicted molar refractivity (Wildman–Crippen MR) is 75.0 cm³/mol. The average molecular weight is 347 g/mol. The summed E-state index contributed by atoms with van der Waals surface area (Å²) in [6.07, 6.45) is 1.64. The SMILES string of the molecule is CC(NS(=O)(=O)c1sccc1Br)c1ccccn1. The molecule has 0 spiro atoms. The van der Waals surface area contributed by atoms with Crippen LogP contribution in [0.15, 0.2) is 44.5 Å². The predicted octanol–water partition coefficient (Wildman–Crippen LogP) is 2.95. The fourth-order valence-electron chi connectivity index (χ4n) is 1.45. The van der Waals surface area contributed by atoms with Crippen molar-refractivity contribution in [3.63, 3.8) is 0 Å². The number of rotatable bonds is 4. The van der Waals surface area contributed by atoms with Gasteiger partial charge in [0.1, 0.15) is 4.21 Å². The minimum atomic E-state index is -3.51. The Kier molecular flexibility index (Phi) is 4.16. The van der Waals surface area contributed by atoms with Crippen LogP contribution in [0.3, 0.4) is 0 Å². The first-order valence-corrected chi connectivity index (χ1v) is 8.32. The van der Waals surface area contributed by atoms with E-state index in [0.717, 1.165) is 0 Å². The first-order chi connectivity index (χ1) is 8.50. The summed E-state index contributed by atoms with van der Waals surface area (Å²) in [4.78, 5) is 4.13. The Balaban J connectivity index is 2.22. The van der Waals surface area contributed by atoms with Crippen LogP contribution in [0, 0.1) is 0 Å². The highest BCUT2D eigenvalue weighted by Gasteiger charge is 2.22. The van der Waals surface area contributed by atoms with Gasteiger partial charge in [0.2, 0.25) is 0 Å². The van der Waals surface area contributed by atoms with Gasteiger partial charge in [-0.3, -0.25) is 4.98 Å². The molecular formula is C11H11BrN2O2S2. The third kappa shape index (κ3) is 2.97. The molecule has 0 radical (unpaired) electrons. The molecule has 2 aromatic rings. The number of sulfonamides is 1. The molecule has 0 aliphatic carbocycles. The van der Waals surface area contributed by atoms with Crippen molar-refractivity contribution in [3.8, 4) is 0 Å². The Bertz CT molecular complexity index is 626. The molecule has 2 heterocycles. The molecule has 1 N–H and O–H groups in total. The lowest BCUT2D eigenvalue weighted by Crippen LogP contribution is -2.27. The highest BCUT2D eigenvalue weighted by molar-refractivity contribution is 9.10. The zero-order valence-electron chi connectivity index (χ0n) is 9.50. The molecule has 0 aliphatic rings. The molecule has 1 unspecified atom stereocenters. The van der Waals surface area contributed by atoms with E-state index >= 15 is 0 Å². The normalized spacial score (nSPS) is 13.4. The first-order valence-electron chi connectivity index (χ1n) is 5.17. The molecule has 2 rings (SSSR count). The Labute approximate surface area is 118 Å². The third-order valence-electron chi connectivity index (χ3n) is 2.29. The summed E-state index contributed by atoms with van der Waals surface area (Å²) in [6, 6.07) is 6.75. The van der Waals surface area contributed by atoms with Crippen LogP contribution in [0.2, 0.25) is 0 Å². The van der Waals surface area contributed by atoms with Gasteiger partial charge in [0, 0.05) is 10.7 Å². The summed E-state index contributed by atoms with van der Waals surface area (Å²) in [5.74, 6) is 0. The second-order valence-corrected chi connectivity index (χ2v) is 7.33. The topological polar surface area (TPSA) is 59.1 Å². The summed E-state index contributed by atoms with van der Waals surface area (Å²) in [5.41, 5.74) is 0.689. The molecular weight excluding hydrogens is 336 g/mol. The zero-order chi connectivity index (χ0) is 13.2. The van der Waals surface area contributed by atoms with Crippen LogP contribution in [0.4, 0.5) is 0 Å². The molecule has 96 valence electrons. The van der Waals surface area contributed by atoms with Gasteiger partial charge < -0.3 is 0 Å².